The molecular formula is C13H16Cl2N6. The van der Waals surface area contributed by atoms with Crippen LogP contribution < -0.4 is 34.4 Å². The molecule has 0 aliphatic rings. The van der Waals surface area contributed by atoms with Crippen molar-refractivity contribution in [2.75, 3.05) is 34.4 Å². The van der Waals surface area contributed by atoms with Crippen molar-refractivity contribution in [3.05, 3.63) is 33.3 Å². The van der Waals surface area contributed by atoms with E-state index in [4.69, 9.17) is 57.6 Å². The largest absolute Gasteiger partial charge is 0.398 e. The summed E-state index contributed by atoms with van der Waals surface area (Å²) in [5.74, 6) is 0. The Bertz CT molecular complexity index is 668. The van der Waals surface area contributed by atoms with E-state index in [9.17, 15) is 0 Å². The molecule has 0 bridgehead atoms. The Labute approximate surface area is 131 Å². The lowest BCUT2D eigenvalue weighted by atomic mass is 9.98. The Hall–Kier alpha value is -2.18. The zero-order valence-electron chi connectivity index (χ0n) is 11.1. The number of nitrogen functional groups attached to an aromatic ring is 6. The maximum absolute atomic E-state index is 6.04. The predicted molar refractivity (Wildman–Crippen MR) is 92.2 cm³/mol. The van der Waals surface area contributed by atoms with Crippen LogP contribution in [0, 0.1) is 0 Å². The molecule has 0 amide bonds. The summed E-state index contributed by atoms with van der Waals surface area (Å²) in [5, 5.41) is 0.496. The number of hydrogen-bond acceptors (Lipinski definition) is 6. The number of nitrogens with two attached hydrogens (primary N) is 6. The van der Waals surface area contributed by atoms with Crippen molar-refractivity contribution in [2.24, 2.45) is 0 Å². The molecule has 0 aliphatic carbocycles. The third-order valence-corrected chi connectivity index (χ3v) is 4.15. The van der Waals surface area contributed by atoms with Crippen LogP contribution in [0.1, 0.15) is 11.1 Å². The average Bonchev–Trinajstić information content (AvgIpc) is 2.42. The fourth-order valence-corrected chi connectivity index (χ4v) is 2.43. The van der Waals surface area contributed by atoms with Gasteiger partial charge in [0.25, 0.3) is 0 Å². The van der Waals surface area contributed by atoms with Crippen molar-refractivity contribution in [3.8, 4) is 0 Å². The van der Waals surface area contributed by atoms with Crippen LogP contribution in [-0.4, -0.2) is 0 Å². The van der Waals surface area contributed by atoms with Gasteiger partial charge >= 0.3 is 0 Å². The van der Waals surface area contributed by atoms with Gasteiger partial charge in [-0.2, -0.15) is 0 Å². The van der Waals surface area contributed by atoms with Crippen molar-refractivity contribution in [1.29, 1.82) is 0 Å². The van der Waals surface area contributed by atoms with E-state index in [0.717, 1.165) is 0 Å². The summed E-state index contributed by atoms with van der Waals surface area (Å²) in [7, 11) is 0. The molecule has 0 unspecified atom stereocenters. The summed E-state index contributed by atoms with van der Waals surface area (Å²) in [6.07, 6.45) is 0.273. The third kappa shape index (κ3) is 2.55. The number of halogens is 2. The lowest BCUT2D eigenvalue weighted by Crippen LogP contribution is -2.08. The molecule has 0 fully saturated rings. The predicted octanol–water partition coefficient (Wildman–Crippen LogP) is 2.08. The molecule has 12 N–H and O–H groups in total. The highest BCUT2D eigenvalue weighted by Crippen LogP contribution is 2.39. The molecule has 2 rings (SSSR count). The van der Waals surface area contributed by atoms with Gasteiger partial charge in [-0.25, -0.2) is 0 Å². The molecule has 0 aliphatic heterocycles. The minimum Gasteiger partial charge on any atom is -0.398 e. The normalized spacial score (nSPS) is 10.8. The maximum atomic E-state index is 6.04. The minimum atomic E-state index is 0.248. The van der Waals surface area contributed by atoms with E-state index < -0.39 is 0 Å². The van der Waals surface area contributed by atoms with Crippen LogP contribution in [0.2, 0.25) is 10.0 Å². The Morgan fingerprint density at radius 2 is 0.952 bits per heavy atom. The van der Waals surface area contributed by atoms with Gasteiger partial charge in [0.15, 0.2) is 0 Å². The Morgan fingerprint density at radius 1 is 0.619 bits per heavy atom. The standard InChI is InChI=1S/C13H16Cl2N6/c14-10-8(18)2-6(16)4(12(10)20)1-5-7(17)3-9(19)11(15)13(5)21/h2-3H,1,16-21H2. The first-order valence-corrected chi connectivity index (χ1v) is 6.73. The van der Waals surface area contributed by atoms with Gasteiger partial charge in [0.2, 0.25) is 0 Å². The van der Waals surface area contributed by atoms with Crippen molar-refractivity contribution in [1.82, 2.24) is 0 Å². The molecule has 21 heavy (non-hydrogen) atoms. The molecule has 0 heterocycles. The van der Waals surface area contributed by atoms with Gasteiger partial charge in [0.05, 0.1) is 32.8 Å². The van der Waals surface area contributed by atoms with Crippen LogP contribution in [0.5, 0.6) is 0 Å². The van der Waals surface area contributed by atoms with E-state index >= 15 is 0 Å². The highest BCUT2D eigenvalue weighted by molar-refractivity contribution is 6.36. The van der Waals surface area contributed by atoms with Crippen LogP contribution in [0.15, 0.2) is 12.1 Å². The van der Waals surface area contributed by atoms with Gasteiger partial charge in [-0.15, -0.1) is 0 Å². The summed E-state index contributed by atoms with van der Waals surface area (Å²) >= 11 is 12.1. The summed E-state index contributed by atoms with van der Waals surface area (Å²) < 4.78 is 0. The lowest BCUT2D eigenvalue weighted by molar-refractivity contribution is 1.21. The smallest absolute Gasteiger partial charge is 0.0869 e. The zero-order chi connectivity index (χ0) is 15.9. The summed E-state index contributed by atoms with van der Waals surface area (Å²) in [6.45, 7) is 0. The Kier molecular flexibility index (Phi) is 3.85. The van der Waals surface area contributed by atoms with Crippen LogP contribution in [0.3, 0.4) is 0 Å². The topological polar surface area (TPSA) is 156 Å². The van der Waals surface area contributed by atoms with Crippen molar-refractivity contribution < 1.29 is 0 Å². The first-order valence-electron chi connectivity index (χ1n) is 5.97. The molecule has 8 heteroatoms. The second kappa shape index (κ2) is 5.31. The number of rotatable bonds is 2. The zero-order valence-corrected chi connectivity index (χ0v) is 12.6. The van der Waals surface area contributed by atoms with Crippen LogP contribution in [0.25, 0.3) is 0 Å². The van der Waals surface area contributed by atoms with Gasteiger partial charge in [0.1, 0.15) is 0 Å². The van der Waals surface area contributed by atoms with Crippen molar-refractivity contribution in [3.63, 3.8) is 0 Å². The molecule has 0 radical (unpaired) electrons. The van der Waals surface area contributed by atoms with E-state index in [1.165, 1.54) is 0 Å². The molecular weight excluding hydrogens is 311 g/mol. The number of anilines is 6. The third-order valence-electron chi connectivity index (χ3n) is 3.30. The molecule has 2 aromatic rings. The fraction of sp³-hybridized carbons (Fsp3) is 0.0769. The molecule has 112 valence electrons. The van der Waals surface area contributed by atoms with Gasteiger partial charge in [-0.3, -0.25) is 0 Å². The van der Waals surface area contributed by atoms with Crippen LogP contribution >= 0.6 is 23.2 Å². The quantitative estimate of drug-likeness (QED) is 0.464. The van der Waals surface area contributed by atoms with Crippen molar-refractivity contribution >= 4 is 57.3 Å². The Morgan fingerprint density at radius 3 is 1.29 bits per heavy atom. The van der Waals surface area contributed by atoms with Crippen molar-refractivity contribution in [2.45, 2.75) is 6.42 Å². The van der Waals surface area contributed by atoms with Gasteiger partial charge < -0.3 is 34.4 Å². The van der Waals surface area contributed by atoms with Crippen LogP contribution in [-0.2, 0) is 6.42 Å². The highest BCUT2D eigenvalue weighted by Gasteiger charge is 2.17. The Balaban J connectivity index is 2.59. The van der Waals surface area contributed by atoms with E-state index in [1.807, 2.05) is 0 Å². The van der Waals surface area contributed by atoms with E-state index in [1.54, 1.807) is 12.1 Å². The summed E-state index contributed by atoms with van der Waals surface area (Å²) in [6, 6.07) is 3.08. The van der Waals surface area contributed by atoms with E-state index in [-0.39, 0.29) is 16.5 Å². The molecule has 0 spiro atoms. The molecule has 2 aromatic carbocycles. The first kappa shape index (κ1) is 15.2. The number of hydrogen-bond donors (Lipinski definition) is 6. The molecule has 0 saturated heterocycles. The van der Waals surface area contributed by atoms with Gasteiger partial charge in [-0.1, -0.05) is 23.2 Å². The SMILES string of the molecule is Nc1cc(N)c(Cc2c(N)cc(N)c(Cl)c2N)c(N)c1Cl. The second-order valence-electron chi connectivity index (χ2n) is 4.70. The van der Waals surface area contributed by atoms with Crippen LogP contribution in [0.4, 0.5) is 34.1 Å². The van der Waals surface area contributed by atoms with E-state index in [0.29, 0.717) is 45.3 Å². The van der Waals surface area contributed by atoms with E-state index in [2.05, 4.69) is 0 Å². The number of benzene rings is 2. The monoisotopic (exact) mass is 326 g/mol. The highest BCUT2D eigenvalue weighted by atomic mass is 35.5. The summed E-state index contributed by atoms with van der Waals surface area (Å²) in [5.41, 5.74) is 38.5. The lowest BCUT2D eigenvalue weighted by Gasteiger charge is -2.17. The second-order valence-corrected chi connectivity index (χ2v) is 5.46. The minimum absolute atomic E-state index is 0.248. The summed E-state index contributed by atoms with van der Waals surface area (Å²) in [4.78, 5) is 0. The molecule has 6 nitrogen and oxygen atoms in total. The average molecular weight is 327 g/mol. The fourth-order valence-electron chi connectivity index (χ4n) is 2.09. The van der Waals surface area contributed by atoms with Gasteiger partial charge in [0, 0.05) is 28.9 Å². The molecule has 0 atom stereocenters. The first-order chi connectivity index (χ1) is 9.73. The maximum Gasteiger partial charge on any atom is 0.0869 e. The molecule has 0 aromatic heterocycles. The van der Waals surface area contributed by atoms with Gasteiger partial charge in [-0.05, 0) is 12.1 Å². The molecule has 0 saturated carbocycles.